The summed E-state index contributed by atoms with van der Waals surface area (Å²) < 4.78 is 0. The largest absolute Gasteiger partial charge is 0.367 e. The number of hydrogen-bond donors (Lipinski definition) is 4. The van der Waals surface area contributed by atoms with Gasteiger partial charge in [0, 0.05) is 0 Å². The fourth-order valence-corrected chi connectivity index (χ4v) is 0.108. The average molecular weight is 130 g/mol. The molecule has 0 aliphatic rings. The fourth-order valence-electron chi connectivity index (χ4n) is 0.108. The summed E-state index contributed by atoms with van der Waals surface area (Å²) in [6.45, 7) is 0. The second-order valence-corrected chi connectivity index (χ2v) is 0.970. The second kappa shape index (κ2) is 4.69. The normalized spacial score (nSPS) is 8.44. The number of nitrogens with zero attached hydrogens (tertiary/aromatic N) is 2. The van der Waals surface area contributed by atoms with Crippen molar-refractivity contribution in [2.24, 2.45) is 21.7 Å². The predicted octanol–water partition coefficient (Wildman–Crippen LogP) is -0.138. The highest BCUT2D eigenvalue weighted by atomic mass is 15.2. The monoisotopic (exact) mass is 130 g/mol. The van der Waals surface area contributed by atoms with E-state index in [1.165, 1.54) is 0 Å². The molecule has 0 heterocycles. The first kappa shape index (κ1) is 10.5. The average Bonchev–Trinajstić information content (AvgIpc) is 1.61. The maximum absolute atomic E-state index is 6.45. The molecular weight excluding hydrogens is 120 g/mol. The van der Waals surface area contributed by atoms with E-state index in [0.29, 0.717) is 0 Å². The van der Waals surface area contributed by atoms with Gasteiger partial charge >= 0.3 is 0 Å². The van der Waals surface area contributed by atoms with Gasteiger partial charge in [-0.05, 0) is 0 Å². The van der Waals surface area contributed by atoms with E-state index in [1.54, 1.807) is 0 Å². The van der Waals surface area contributed by atoms with Crippen LogP contribution in [0.5, 0.6) is 0 Å². The zero-order chi connectivity index (χ0) is 6.57. The molecule has 0 aromatic carbocycles. The molecule has 52 valence electrons. The first-order valence-electron chi connectivity index (χ1n) is 1.72. The number of nitrogens with one attached hydrogen (secondary N) is 2. The number of rotatable bonds is 0. The number of guanidine groups is 2. The number of azo groups is 1. The third-order valence-corrected chi connectivity index (χ3v) is 0.265. The van der Waals surface area contributed by atoms with Crippen LogP contribution in [0.4, 0.5) is 0 Å². The minimum Gasteiger partial charge on any atom is -0.367 e. The zero-order valence-corrected chi connectivity index (χ0v) is 4.05. The predicted molar refractivity (Wildman–Crippen MR) is 35.4 cm³/mol. The van der Waals surface area contributed by atoms with Gasteiger partial charge in [0.15, 0.2) is 0 Å². The molecule has 6 heteroatoms. The number of nitrogens with two attached hydrogens (primary N) is 2. The van der Waals surface area contributed by atoms with Crippen LogP contribution in [0.3, 0.4) is 0 Å². The first-order chi connectivity index (χ1) is 3.63. The van der Waals surface area contributed by atoms with E-state index in [2.05, 4.69) is 10.2 Å². The molecule has 0 fully saturated rings. The molecule has 0 saturated heterocycles. The molecule has 9 heavy (non-hydrogen) atoms. The smallest absolute Gasteiger partial charge is 0.232 e. The summed E-state index contributed by atoms with van der Waals surface area (Å²) in [5.41, 5.74) is 9.42. The van der Waals surface area contributed by atoms with Gasteiger partial charge in [0.05, 0.1) is 0 Å². The van der Waals surface area contributed by atoms with E-state index in [9.17, 15) is 0 Å². The Bertz CT molecular complexity index is 119. The third kappa shape index (κ3) is 10.8. The van der Waals surface area contributed by atoms with E-state index in [1.807, 2.05) is 0 Å². The molecule has 0 spiro atoms. The molecule has 0 saturated carbocycles. The van der Waals surface area contributed by atoms with Crippen molar-refractivity contribution in [1.82, 2.24) is 0 Å². The summed E-state index contributed by atoms with van der Waals surface area (Å²) in [6.07, 6.45) is 0. The lowest BCUT2D eigenvalue weighted by atomic mass is 11.1. The van der Waals surface area contributed by atoms with Crippen molar-refractivity contribution in [3.8, 4) is 0 Å². The van der Waals surface area contributed by atoms with Crippen LogP contribution < -0.4 is 11.5 Å². The molecule has 0 aromatic heterocycles. The summed E-state index contributed by atoms with van der Waals surface area (Å²) >= 11 is 0. The van der Waals surface area contributed by atoms with Crippen molar-refractivity contribution >= 4 is 11.9 Å². The van der Waals surface area contributed by atoms with E-state index < -0.39 is 11.9 Å². The van der Waals surface area contributed by atoms with Crippen LogP contribution in [0.25, 0.3) is 0 Å². The van der Waals surface area contributed by atoms with Crippen molar-refractivity contribution in [2.75, 3.05) is 0 Å². The molecule has 0 aliphatic carbocycles. The Morgan fingerprint density at radius 2 is 1.22 bits per heavy atom. The Labute approximate surface area is 53.0 Å². The lowest BCUT2D eigenvalue weighted by molar-refractivity contribution is 1.21. The Balaban J connectivity index is 0. The molecular formula is C3H10N6. The lowest BCUT2D eigenvalue weighted by Gasteiger charge is -1.80. The molecule has 0 amide bonds. The van der Waals surface area contributed by atoms with Crippen LogP contribution in [-0.4, -0.2) is 11.9 Å². The van der Waals surface area contributed by atoms with Gasteiger partial charge in [0.2, 0.25) is 11.9 Å². The maximum atomic E-state index is 6.45. The quantitative estimate of drug-likeness (QED) is 0.207. The Hall–Kier alpha value is -1.46. The third-order valence-electron chi connectivity index (χ3n) is 0.265. The molecule has 6 nitrogen and oxygen atoms in total. The molecule has 0 radical (unpaired) electrons. The summed E-state index contributed by atoms with van der Waals surface area (Å²) in [5.74, 6) is -0.916. The van der Waals surface area contributed by atoms with Crippen LogP contribution in [0.2, 0.25) is 0 Å². The summed E-state index contributed by atoms with van der Waals surface area (Å²) in [5, 5.41) is 18.8. The maximum Gasteiger partial charge on any atom is 0.232 e. The Kier molecular flexibility index (Phi) is 5.48. The van der Waals surface area contributed by atoms with Gasteiger partial charge in [-0.2, -0.15) is 0 Å². The SMILES string of the molecule is C.N=C(N)N=NC(=N)N. The van der Waals surface area contributed by atoms with Gasteiger partial charge in [0.25, 0.3) is 0 Å². The first-order valence-corrected chi connectivity index (χ1v) is 1.72. The Morgan fingerprint density at radius 1 is 1.00 bits per heavy atom. The summed E-state index contributed by atoms with van der Waals surface area (Å²) in [6, 6.07) is 0. The van der Waals surface area contributed by atoms with Crippen LogP contribution in [0.15, 0.2) is 10.2 Å². The zero-order valence-electron chi connectivity index (χ0n) is 4.05. The molecule has 0 bridgehead atoms. The van der Waals surface area contributed by atoms with E-state index in [0.717, 1.165) is 0 Å². The highest BCUT2D eigenvalue weighted by molar-refractivity contribution is 5.79. The topological polar surface area (TPSA) is 124 Å². The van der Waals surface area contributed by atoms with Crippen molar-refractivity contribution in [1.29, 1.82) is 10.8 Å². The van der Waals surface area contributed by atoms with Gasteiger partial charge in [0.1, 0.15) is 0 Å². The molecule has 0 atom stereocenters. The van der Waals surface area contributed by atoms with Crippen LogP contribution >= 0.6 is 0 Å². The minimum absolute atomic E-state index is 0. The summed E-state index contributed by atoms with van der Waals surface area (Å²) in [7, 11) is 0. The van der Waals surface area contributed by atoms with Crippen molar-refractivity contribution in [2.45, 2.75) is 7.43 Å². The molecule has 0 rings (SSSR count). The Morgan fingerprint density at radius 3 is 1.33 bits per heavy atom. The van der Waals surface area contributed by atoms with Crippen LogP contribution in [0.1, 0.15) is 7.43 Å². The lowest BCUT2D eigenvalue weighted by Crippen LogP contribution is -2.09. The van der Waals surface area contributed by atoms with Gasteiger partial charge < -0.3 is 11.5 Å². The highest BCUT2D eigenvalue weighted by Gasteiger charge is 1.79. The van der Waals surface area contributed by atoms with Crippen LogP contribution in [-0.2, 0) is 0 Å². The van der Waals surface area contributed by atoms with Gasteiger partial charge in [-0.25, -0.2) is 0 Å². The van der Waals surface area contributed by atoms with Gasteiger partial charge in [-0.1, -0.05) is 7.43 Å². The summed E-state index contributed by atoms with van der Waals surface area (Å²) in [4.78, 5) is 0. The van der Waals surface area contributed by atoms with Gasteiger partial charge in [-0.15, -0.1) is 10.2 Å². The van der Waals surface area contributed by atoms with E-state index >= 15 is 0 Å². The molecule has 6 N–H and O–H groups in total. The minimum atomic E-state index is -0.458. The van der Waals surface area contributed by atoms with E-state index in [4.69, 9.17) is 22.3 Å². The second-order valence-electron chi connectivity index (χ2n) is 0.970. The van der Waals surface area contributed by atoms with Gasteiger partial charge in [-0.3, -0.25) is 10.8 Å². The van der Waals surface area contributed by atoms with Crippen molar-refractivity contribution in [3.05, 3.63) is 0 Å². The van der Waals surface area contributed by atoms with Crippen LogP contribution in [0, 0.1) is 10.8 Å². The fraction of sp³-hybridized carbons (Fsp3) is 0.333. The number of hydrogen-bond acceptors (Lipinski definition) is 2. The van der Waals surface area contributed by atoms with Crippen molar-refractivity contribution < 1.29 is 0 Å². The molecule has 0 unspecified atom stereocenters. The van der Waals surface area contributed by atoms with E-state index in [-0.39, 0.29) is 7.43 Å². The standard InChI is InChI=1S/C2H6N6.CH4/c3-1(4)7-8-2(5)6;/h(H3,3,4)(H3,5,6);1H4. The molecule has 0 aromatic rings. The van der Waals surface area contributed by atoms with Crippen molar-refractivity contribution in [3.63, 3.8) is 0 Å². The molecule has 0 aliphatic heterocycles. The highest BCUT2D eigenvalue weighted by Crippen LogP contribution is 1.68.